The van der Waals surface area contributed by atoms with Gasteiger partial charge in [0.05, 0.1) is 5.69 Å². The third-order valence-corrected chi connectivity index (χ3v) is 4.14. The summed E-state index contributed by atoms with van der Waals surface area (Å²) >= 11 is 5.96. The van der Waals surface area contributed by atoms with Gasteiger partial charge in [0.2, 0.25) is 0 Å². The van der Waals surface area contributed by atoms with Gasteiger partial charge in [-0.2, -0.15) is 5.26 Å². The largest absolute Gasteiger partial charge is 0.358 e. The Morgan fingerprint density at radius 1 is 1.33 bits per heavy atom. The zero-order valence-corrected chi connectivity index (χ0v) is 13.6. The molecule has 2 aromatic rings. The highest BCUT2D eigenvalue weighted by Crippen LogP contribution is 2.28. The van der Waals surface area contributed by atoms with Crippen LogP contribution in [-0.4, -0.2) is 17.4 Å². The average Bonchev–Trinajstić information content (AvgIpc) is 2.63. The van der Waals surface area contributed by atoms with Gasteiger partial charge in [0.25, 0.3) is 5.91 Å². The van der Waals surface area contributed by atoms with Crippen LogP contribution in [0, 0.1) is 11.3 Å². The minimum absolute atomic E-state index is 0.0200. The van der Waals surface area contributed by atoms with Crippen LogP contribution in [0.5, 0.6) is 0 Å². The Labute approximate surface area is 145 Å². The number of benzene rings is 1. The summed E-state index contributed by atoms with van der Waals surface area (Å²) in [7, 11) is 0. The van der Waals surface area contributed by atoms with E-state index in [4.69, 9.17) is 11.6 Å². The molecule has 6 heteroatoms. The Hall–Kier alpha value is -2.84. The molecule has 3 rings (SSSR count). The van der Waals surface area contributed by atoms with Crippen molar-refractivity contribution in [3.63, 3.8) is 0 Å². The lowest BCUT2D eigenvalue weighted by Gasteiger charge is -2.29. The van der Waals surface area contributed by atoms with Crippen molar-refractivity contribution in [2.75, 3.05) is 16.8 Å². The fraction of sp³-hybridized carbons (Fsp3) is 0.167. The number of hydrogen-bond acceptors (Lipinski definition) is 4. The highest BCUT2D eigenvalue weighted by atomic mass is 35.5. The molecule has 0 fully saturated rings. The van der Waals surface area contributed by atoms with Crippen molar-refractivity contribution in [1.29, 1.82) is 5.26 Å². The van der Waals surface area contributed by atoms with Gasteiger partial charge in [-0.15, -0.1) is 0 Å². The molecule has 24 heavy (non-hydrogen) atoms. The third-order valence-electron chi connectivity index (χ3n) is 3.84. The predicted octanol–water partition coefficient (Wildman–Crippen LogP) is 3.53. The van der Waals surface area contributed by atoms with Crippen LogP contribution < -0.4 is 10.2 Å². The first-order valence-electron chi connectivity index (χ1n) is 7.58. The number of aromatic nitrogens is 1. The molecular weight excluding hydrogens is 324 g/mol. The molecule has 1 amide bonds. The number of aryl methyl sites for hydroxylation is 1. The molecule has 0 radical (unpaired) electrons. The second-order valence-electron chi connectivity index (χ2n) is 5.34. The first-order chi connectivity index (χ1) is 11.7. The summed E-state index contributed by atoms with van der Waals surface area (Å²) in [5, 5.41) is 12.5. The average molecular weight is 339 g/mol. The van der Waals surface area contributed by atoms with Crippen molar-refractivity contribution in [3.05, 3.63) is 65.1 Å². The Kier molecular flexibility index (Phi) is 4.78. The van der Waals surface area contributed by atoms with E-state index >= 15 is 0 Å². The maximum Gasteiger partial charge on any atom is 0.270 e. The lowest BCUT2D eigenvalue weighted by Crippen LogP contribution is -2.36. The maximum absolute atomic E-state index is 12.7. The van der Waals surface area contributed by atoms with Crippen LogP contribution in [0.4, 0.5) is 11.4 Å². The molecule has 0 aliphatic carbocycles. The summed E-state index contributed by atoms with van der Waals surface area (Å²) in [6, 6.07) is 13.2. The number of nitrogens with zero attached hydrogens (tertiary/aromatic N) is 3. The number of carbonyl (C=O) groups is 1. The van der Waals surface area contributed by atoms with E-state index in [0.717, 1.165) is 24.1 Å². The van der Waals surface area contributed by atoms with Crippen LogP contribution in [-0.2, 0) is 11.2 Å². The number of rotatable bonds is 3. The standard InChI is InChI=1S/C18H15ClN4O/c19-17-15(7-3-9-21-17)22-12-14(11-20)18(24)23-10-4-6-13-5-1-2-8-16(13)23/h1-3,5,7-9,12,22H,4,6,10H2/b14-12-. The van der Waals surface area contributed by atoms with Crippen LogP contribution >= 0.6 is 11.6 Å². The van der Waals surface area contributed by atoms with Gasteiger partial charge in [-0.3, -0.25) is 4.79 Å². The van der Waals surface area contributed by atoms with Crippen molar-refractivity contribution in [2.45, 2.75) is 12.8 Å². The molecule has 5 nitrogen and oxygen atoms in total. The molecular formula is C18H15ClN4O. The van der Waals surface area contributed by atoms with Crippen LogP contribution in [0.2, 0.25) is 5.15 Å². The number of hydrogen-bond donors (Lipinski definition) is 1. The maximum atomic E-state index is 12.7. The van der Waals surface area contributed by atoms with Crippen molar-refractivity contribution < 1.29 is 4.79 Å². The number of pyridine rings is 1. The lowest BCUT2D eigenvalue weighted by molar-refractivity contribution is -0.114. The smallest absolute Gasteiger partial charge is 0.270 e. The molecule has 120 valence electrons. The quantitative estimate of drug-likeness (QED) is 0.528. The summed E-state index contributed by atoms with van der Waals surface area (Å²) in [5.74, 6) is -0.322. The molecule has 0 atom stereocenters. The van der Waals surface area contributed by atoms with Gasteiger partial charge < -0.3 is 10.2 Å². The fourth-order valence-electron chi connectivity index (χ4n) is 2.68. The molecule has 0 unspecified atom stereocenters. The molecule has 0 saturated heterocycles. The number of amides is 1. The topological polar surface area (TPSA) is 69.0 Å². The Balaban J connectivity index is 1.84. The minimum Gasteiger partial charge on any atom is -0.358 e. The Bertz CT molecular complexity index is 841. The molecule has 0 bridgehead atoms. The number of anilines is 2. The summed E-state index contributed by atoms with van der Waals surface area (Å²) in [4.78, 5) is 18.3. The van der Waals surface area contributed by atoms with E-state index in [-0.39, 0.29) is 16.6 Å². The molecule has 1 aromatic heterocycles. The number of carbonyl (C=O) groups excluding carboxylic acids is 1. The van der Waals surface area contributed by atoms with E-state index in [1.54, 1.807) is 23.2 Å². The predicted molar refractivity (Wildman–Crippen MR) is 93.7 cm³/mol. The minimum atomic E-state index is -0.322. The molecule has 1 aliphatic heterocycles. The SMILES string of the molecule is N#C/C(=C/Nc1cccnc1Cl)C(=O)N1CCCc2ccccc21. The number of para-hydroxylation sites is 1. The van der Waals surface area contributed by atoms with E-state index in [1.165, 1.54) is 6.20 Å². The van der Waals surface area contributed by atoms with Gasteiger partial charge in [0.1, 0.15) is 11.6 Å². The van der Waals surface area contributed by atoms with Crippen LogP contribution in [0.3, 0.4) is 0 Å². The highest BCUT2D eigenvalue weighted by Gasteiger charge is 2.24. The van der Waals surface area contributed by atoms with E-state index in [0.29, 0.717) is 12.2 Å². The zero-order chi connectivity index (χ0) is 16.9. The molecule has 2 heterocycles. The van der Waals surface area contributed by atoms with Gasteiger partial charge in [-0.1, -0.05) is 29.8 Å². The molecule has 1 N–H and O–H groups in total. The number of nitriles is 1. The Morgan fingerprint density at radius 3 is 2.96 bits per heavy atom. The van der Waals surface area contributed by atoms with Gasteiger partial charge in [0, 0.05) is 24.6 Å². The van der Waals surface area contributed by atoms with Crippen LogP contribution in [0.1, 0.15) is 12.0 Å². The summed E-state index contributed by atoms with van der Waals surface area (Å²) in [6.45, 7) is 0.600. The van der Waals surface area contributed by atoms with E-state index in [9.17, 15) is 10.1 Å². The number of fused-ring (bicyclic) bond motifs is 1. The molecule has 1 aliphatic rings. The fourth-order valence-corrected chi connectivity index (χ4v) is 2.85. The van der Waals surface area contributed by atoms with Crippen molar-refractivity contribution in [1.82, 2.24) is 4.98 Å². The first-order valence-corrected chi connectivity index (χ1v) is 7.95. The lowest BCUT2D eigenvalue weighted by atomic mass is 10.0. The summed E-state index contributed by atoms with van der Waals surface area (Å²) in [6.07, 6.45) is 4.76. The van der Waals surface area contributed by atoms with Gasteiger partial charge >= 0.3 is 0 Å². The Morgan fingerprint density at radius 2 is 2.17 bits per heavy atom. The van der Waals surface area contributed by atoms with E-state index < -0.39 is 0 Å². The first kappa shape index (κ1) is 16.0. The second-order valence-corrected chi connectivity index (χ2v) is 5.70. The summed E-state index contributed by atoms with van der Waals surface area (Å²) in [5.41, 5.74) is 2.55. The van der Waals surface area contributed by atoms with E-state index in [1.807, 2.05) is 30.3 Å². The highest BCUT2D eigenvalue weighted by molar-refractivity contribution is 6.32. The zero-order valence-electron chi connectivity index (χ0n) is 12.9. The second kappa shape index (κ2) is 7.16. The van der Waals surface area contributed by atoms with Crippen LogP contribution in [0.15, 0.2) is 54.4 Å². The molecule has 1 aromatic carbocycles. The molecule has 0 saturated carbocycles. The normalized spacial score (nSPS) is 13.8. The van der Waals surface area contributed by atoms with Crippen molar-refractivity contribution in [3.8, 4) is 6.07 Å². The van der Waals surface area contributed by atoms with Gasteiger partial charge in [-0.25, -0.2) is 4.98 Å². The number of nitrogens with one attached hydrogen (secondary N) is 1. The third kappa shape index (κ3) is 3.24. The monoisotopic (exact) mass is 338 g/mol. The van der Waals surface area contributed by atoms with Gasteiger partial charge in [-0.05, 0) is 36.6 Å². The van der Waals surface area contributed by atoms with Crippen LogP contribution in [0.25, 0.3) is 0 Å². The molecule has 0 spiro atoms. The summed E-state index contributed by atoms with van der Waals surface area (Å²) < 4.78 is 0. The van der Waals surface area contributed by atoms with Crippen molar-refractivity contribution in [2.24, 2.45) is 0 Å². The van der Waals surface area contributed by atoms with E-state index in [2.05, 4.69) is 10.3 Å². The number of halogens is 1. The van der Waals surface area contributed by atoms with Crippen molar-refractivity contribution >= 4 is 28.9 Å². The van der Waals surface area contributed by atoms with Gasteiger partial charge in [0.15, 0.2) is 5.15 Å².